The molecule has 0 aliphatic heterocycles. The van der Waals surface area contributed by atoms with E-state index < -0.39 is 0 Å². The molecular weight excluding hydrogens is 250 g/mol. The molecular formula is C13H14NOS2+. The number of allylic oxidation sites excluding steroid dienone is 4. The van der Waals surface area contributed by atoms with Crippen molar-refractivity contribution in [3.8, 4) is 0 Å². The molecule has 1 aromatic heterocycles. The lowest BCUT2D eigenvalue weighted by molar-refractivity contribution is -0.699. The minimum Gasteiger partial charge on any atom is -0.296 e. The van der Waals surface area contributed by atoms with Crippen molar-refractivity contribution in [1.29, 1.82) is 0 Å². The van der Waals surface area contributed by atoms with Crippen LogP contribution in [0.2, 0.25) is 0 Å². The van der Waals surface area contributed by atoms with E-state index in [-0.39, 0.29) is 6.04 Å². The Balaban J connectivity index is 2.44. The fourth-order valence-corrected chi connectivity index (χ4v) is 2.99. The Morgan fingerprint density at radius 1 is 1.53 bits per heavy atom. The van der Waals surface area contributed by atoms with Gasteiger partial charge in [0.15, 0.2) is 12.0 Å². The molecule has 88 valence electrons. The maximum Gasteiger partial charge on any atom is 0.240 e. The van der Waals surface area contributed by atoms with Gasteiger partial charge in [0.1, 0.15) is 0 Å². The molecule has 0 N–H and O–H groups in total. The first-order valence-electron chi connectivity index (χ1n) is 5.46. The molecule has 0 saturated heterocycles. The quantitative estimate of drug-likeness (QED) is 0.475. The second kappa shape index (κ2) is 5.02. The fraction of sp³-hybridized carbons (Fsp3) is 0.308. The van der Waals surface area contributed by atoms with E-state index in [2.05, 4.69) is 6.92 Å². The van der Waals surface area contributed by atoms with E-state index in [4.69, 9.17) is 12.2 Å². The smallest absolute Gasteiger partial charge is 0.240 e. The normalized spacial score (nSPS) is 16.8. The molecule has 1 aromatic rings. The summed E-state index contributed by atoms with van der Waals surface area (Å²) in [5.41, 5.74) is 4.07. The van der Waals surface area contributed by atoms with E-state index in [1.165, 1.54) is 4.88 Å². The SMILES string of the molecule is Cc1sc[n+](C(C=O)C2=CC=CCC2=S)c1C. The average molecular weight is 264 g/mol. The predicted octanol–water partition coefficient (Wildman–Crippen LogP) is 2.65. The Kier molecular flexibility index (Phi) is 3.64. The van der Waals surface area contributed by atoms with Gasteiger partial charge in [-0.3, -0.25) is 4.79 Å². The van der Waals surface area contributed by atoms with Crippen molar-refractivity contribution in [2.45, 2.75) is 26.3 Å². The van der Waals surface area contributed by atoms with Gasteiger partial charge in [0.05, 0.1) is 4.88 Å². The Hall–Kier alpha value is -1.13. The highest BCUT2D eigenvalue weighted by Gasteiger charge is 2.29. The molecule has 1 aliphatic carbocycles. The minimum atomic E-state index is -0.280. The Morgan fingerprint density at radius 3 is 2.82 bits per heavy atom. The molecule has 0 spiro atoms. The molecule has 0 radical (unpaired) electrons. The number of carbonyl (C=O) groups is 1. The Morgan fingerprint density at radius 2 is 2.29 bits per heavy atom. The summed E-state index contributed by atoms with van der Waals surface area (Å²) in [5, 5.41) is 0. The lowest BCUT2D eigenvalue weighted by Gasteiger charge is -2.13. The van der Waals surface area contributed by atoms with Crippen LogP contribution in [0.1, 0.15) is 23.0 Å². The zero-order valence-corrected chi connectivity index (χ0v) is 11.5. The predicted molar refractivity (Wildman–Crippen MR) is 73.5 cm³/mol. The van der Waals surface area contributed by atoms with Gasteiger partial charge in [-0.05, 0) is 6.92 Å². The van der Waals surface area contributed by atoms with Crippen LogP contribution in [0, 0.1) is 13.8 Å². The van der Waals surface area contributed by atoms with Crippen LogP contribution in [0.4, 0.5) is 0 Å². The summed E-state index contributed by atoms with van der Waals surface area (Å²) in [5.74, 6) is 0. The molecule has 4 heteroatoms. The first kappa shape index (κ1) is 12.3. The van der Waals surface area contributed by atoms with E-state index in [1.807, 2.05) is 35.2 Å². The van der Waals surface area contributed by atoms with Crippen LogP contribution >= 0.6 is 23.6 Å². The van der Waals surface area contributed by atoms with Crippen LogP contribution in [0.5, 0.6) is 0 Å². The van der Waals surface area contributed by atoms with Crippen LogP contribution < -0.4 is 4.57 Å². The fourth-order valence-electron chi connectivity index (χ4n) is 1.87. The van der Waals surface area contributed by atoms with Gasteiger partial charge in [0.2, 0.25) is 11.6 Å². The standard InChI is InChI=1S/C13H14NOS2/c1-9-10(2)17-8-14(9)12(7-15)11-5-3-4-6-13(11)16/h3-5,7-8,12H,6H2,1-2H3/q+1. The number of nitrogens with zero attached hydrogens (tertiary/aromatic N) is 1. The van der Waals surface area contributed by atoms with E-state index in [0.29, 0.717) is 0 Å². The molecule has 1 heterocycles. The molecule has 2 rings (SSSR count). The van der Waals surface area contributed by atoms with Crippen molar-refractivity contribution in [1.82, 2.24) is 0 Å². The summed E-state index contributed by atoms with van der Waals surface area (Å²) in [4.78, 5) is 13.5. The number of hydrogen-bond donors (Lipinski definition) is 0. The van der Waals surface area contributed by atoms with Crippen molar-refractivity contribution in [3.63, 3.8) is 0 Å². The number of carbonyl (C=O) groups excluding carboxylic acids is 1. The summed E-state index contributed by atoms with van der Waals surface area (Å²) in [7, 11) is 0. The number of rotatable bonds is 3. The summed E-state index contributed by atoms with van der Waals surface area (Å²) in [6, 6.07) is -0.280. The van der Waals surface area contributed by atoms with Gasteiger partial charge in [0.25, 0.3) is 0 Å². The molecule has 1 aliphatic rings. The first-order chi connectivity index (χ1) is 8.15. The molecule has 1 unspecified atom stereocenters. The van der Waals surface area contributed by atoms with Crippen molar-refractivity contribution in [2.75, 3.05) is 0 Å². The van der Waals surface area contributed by atoms with Crippen LogP contribution in [-0.4, -0.2) is 11.2 Å². The van der Waals surface area contributed by atoms with Gasteiger partial charge in [-0.15, -0.1) is 0 Å². The van der Waals surface area contributed by atoms with Crippen LogP contribution in [-0.2, 0) is 4.79 Å². The highest BCUT2D eigenvalue weighted by Crippen LogP contribution is 2.20. The number of thiocarbonyl (C=S) groups is 1. The second-order valence-electron chi connectivity index (χ2n) is 4.03. The first-order valence-corrected chi connectivity index (χ1v) is 6.75. The third-order valence-electron chi connectivity index (χ3n) is 3.02. The van der Waals surface area contributed by atoms with Crippen molar-refractivity contribution >= 4 is 34.7 Å². The van der Waals surface area contributed by atoms with Crippen molar-refractivity contribution < 1.29 is 9.36 Å². The second-order valence-corrected chi connectivity index (χ2v) is 5.58. The van der Waals surface area contributed by atoms with Gasteiger partial charge >= 0.3 is 0 Å². The van der Waals surface area contributed by atoms with Crippen molar-refractivity contribution in [3.05, 3.63) is 39.9 Å². The molecule has 0 aromatic carbocycles. The third-order valence-corrected chi connectivity index (χ3v) is 4.41. The van der Waals surface area contributed by atoms with E-state index in [9.17, 15) is 4.79 Å². The van der Waals surface area contributed by atoms with Crippen molar-refractivity contribution in [2.24, 2.45) is 0 Å². The molecule has 0 saturated carbocycles. The number of aldehydes is 1. The number of aryl methyl sites for hydroxylation is 1. The average Bonchev–Trinajstić information content (AvgIpc) is 2.65. The summed E-state index contributed by atoms with van der Waals surface area (Å²) in [6.07, 6.45) is 7.66. The van der Waals surface area contributed by atoms with Crippen LogP contribution in [0.25, 0.3) is 0 Å². The zero-order chi connectivity index (χ0) is 12.4. The maximum absolute atomic E-state index is 11.4. The highest BCUT2D eigenvalue weighted by molar-refractivity contribution is 7.80. The van der Waals surface area contributed by atoms with E-state index >= 15 is 0 Å². The Bertz CT molecular complexity index is 526. The Labute approximate surface area is 110 Å². The summed E-state index contributed by atoms with van der Waals surface area (Å²) < 4.78 is 2.00. The zero-order valence-electron chi connectivity index (χ0n) is 9.84. The monoisotopic (exact) mass is 264 g/mol. The van der Waals surface area contributed by atoms with Gasteiger partial charge in [-0.1, -0.05) is 41.8 Å². The highest BCUT2D eigenvalue weighted by atomic mass is 32.1. The van der Waals surface area contributed by atoms with E-state index in [1.54, 1.807) is 11.3 Å². The maximum atomic E-state index is 11.4. The van der Waals surface area contributed by atoms with Crippen LogP contribution in [0.15, 0.2) is 29.3 Å². The molecule has 1 atom stereocenters. The minimum absolute atomic E-state index is 0.280. The van der Waals surface area contributed by atoms with Gasteiger partial charge in [-0.2, -0.15) is 4.57 Å². The van der Waals surface area contributed by atoms with Crippen LogP contribution in [0.3, 0.4) is 0 Å². The van der Waals surface area contributed by atoms with Gasteiger partial charge in [0, 0.05) is 23.8 Å². The summed E-state index contributed by atoms with van der Waals surface area (Å²) >= 11 is 6.99. The molecule has 0 bridgehead atoms. The van der Waals surface area contributed by atoms with Gasteiger partial charge < -0.3 is 0 Å². The largest absolute Gasteiger partial charge is 0.296 e. The number of hydrogen-bond acceptors (Lipinski definition) is 3. The molecule has 0 amide bonds. The molecule has 17 heavy (non-hydrogen) atoms. The van der Waals surface area contributed by atoms with Gasteiger partial charge in [-0.25, -0.2) is 0 Å². The lowest BCUT2D eigenvalue weighted by Crippen LogP contribution is -2.43. The van der Waals surface area contributed by atoms with E-state index in [0.717, 1.165) is 28.8 Å². The summed E-state index contributed by atoms with van der Waals surface area (Å²) in [6.45, 7) is 4.09. The topological polar surface area (TPSA) is 20.9 Å². The lowest BCUT2D eigenvalue weighted by atomic mass is 9.98. The number of aromatic nitrogens is 1. The molecule has 0 fully saturated rings. The number of thiazole rings is 1. The third kappa shape index (κ3) is 2.28. The molecule has 2 nitrogen and oxygen atoms in total.